The van der Waals surface area contributed by atoms with Crippen LogP contribution in [0.3, 0.4) is 0 Å². The molecule has 0 bridgehead atoms. The molecule has 0 spiro atoms. The number of carbonyl (C=O) groups excluding carboxylic acids is 1. The molecule has 2 atom stereocenters. The summed E-state index contributed by atoms with van der Waals surface area (Å²) in [6.07, 6.45) is 1.69. The number of carbonyl (C=O) groups is 1. The molecule has 16 heavy (non-hydrogen) atoms. The summed E-state index contributed by atoms with van der Waals surface area (Å²) in [5.74, 6) is -0.236. The normalized spacial score (nSPS) is 14.2. The number of hydrogen-bond acceptors (Lipinski definition) is 4. The molecule has 1 amide bonds. The van der Waals surface area contributed by atoms with Crippen molar-refractivity contribution in [2.45, 2.75) is 19.0 Å². The number of aromatic nitrogens is 1. The van der Waals surface area contributed by atoms with Gasteiger partial charge >= 0.3 is 0 Å². The van der Waals surface area contributed by atoms with Crippen molar-refractivity contribution in [3.05, 3.63) is 30.1 Å². The van der Waals surface area contributed by atoms with E-state index in [2.05, 4.69) is 10.3 Å². The van der Waals surface area contributed by atoms with Crippen molar-refractivity contribution in [1.82, 2.24) is 10.3 Å². The Morgan fingerprint density at radius 1 is 1.62 bits per heavy atom. The SMILES string of the molecule is COCC(N)C(=O)N[C@@H](C)c1ccccn1. The Hall–Kier alpha value is -1.46. The van der Waals surface area contributed by atoms with Gasteiger partial charge in [0.05, 0.1) is 18.3 Å². The van der Waals surface area contributed by atoms with Crippen molar-refractivity contribution in [3.63, 3.8) is 0 Å². The lowest BCUT2D eigenvalue weighted by Crippen LogP contribution is -2.44. The van der Waals surface area contributed by atoms with Gasteiger partial charge in [-0.1, -0.05) is 6.07 Å². The van der Waals surface area contributed by atoms with E-state index in [9.17, 15) is 4.79 Å². The van der Waals surface area contributed by atoms with Crippen LogP contribution in [0.1, 0.15) is 18.7 Å². The molecule has 1 heterocycles. The van der Waals surface area contributed by atoms with Gasteiger partial charge in [-0.15, -0.1) is 0 Å². The number of hydrogen-bond donors (Lipinski definition) is 2. The third-order valence-corrected chi connectivity index (χ3v) is 2.17. The number of nitrogens with two attached hydrogens (primary N) is 1. The van der Waals surface area contributed by atoms with Gasteiger partial charge in [0, 0.05) is 13.3 Å². The summed E-state index contributed by atoms with van der Waals surface area (Å²) in [7, 11) is 1.51. The van der Waals surface area contributed by atoms with E-state index < -0.39 is 6.04 Å². The topological polar surface area (TPSA) is 77.2 Å². The average molecular weight is 223 g/mol. The van der Waals surface area contributed by atoms with Crippen LogP contribution in [0.4, 0.5) is 0 Å². The Morgan fingerprint density at radius 2 is 2.38 bits per heavy atom. The van der Waals surface area contributed by atoms with Crippen LogP contribution in [0.5, 0.6) is 0 Å². The second kappa shape index (κ2) is 6.19. The highest BCUT2D eigenvalue weighted by molar-refractivity contribution is 5.81. The zero-order valence-corrected chi connectivity index (χ0v) is 9.51. The first kappa shape index (κ1) is 12.6. The third-order valence-electron chi connectivity index (χ3n) is 2.17. The smallest absolute Gasteiger partial charge is 0.239 e. The van der Waals surface area contributed by atoms with Gasteiger partial charge in [-0.05, 0) is 19.1 Å². The average Bonchev–Trinajstić information content (AvgIpc) is 2.30. The Labute approximate surface area is 95.0 Å². The molecule has 5 nitrogen and oxygen atoms in total. The maximum Gasteiger partial charge on any atom is 0.239 e. The van der Waals surface area contributed by atoms with Gasteiger partial charge in [-0.25, -0.2) is 0 Å². The first-order chi connectivity index (χ1) is 7.65. The molecule has 0 radical (unpaired) electrons. The molecule has 3 N–H and O–H groups in total. The minimum atomic E-state index is -0.642. The van der Waals surface area contributed by atoms with Crippen LogP contribution in [0.15, 0.2) is 24.4 Å². The third kappa shape index (κ3) is 3.60. The van der Waals surface area contributed by atoms with Gasteiger partial charge in [-0.2, -0.15) is 0 Å². The summed E-state index contributed by atoms with van der Waals surface area (Å²) in [6.45, 7) is 2.07. The number of amides is 1. The Kier molecular flexibility index (Phi) is 4.88. The van der Waals surface area contributed by atoms with Crippen LogP contribution in [-0.4, -0.2) is 30.6 Å². The molecule has 1 aromatic rings. The fraction of sp³-hybridized carbons (Fsp3) is 0.455. The standard InChI is InChI=1S/C11H17N3O2/c1-8(10-5-3-4-6-13-10)14-11(15)9(12)7-16-2/h3-6,8-9H,7,12H2,1-2H3,(H,14,15)/t8-,9?/m0/s1. The molecule has 1 rings (SSSR count). The second-order valence-electron chi connectivity index (χ2n) is 3.55. The van der Waals surface area contributed by atoms with Crippen LogP contribution in [0.25, 0.3) is 0 Å². The van der Waals surface area contributed by atoms with Crippen LogP contribution in [0, 0.1) is 0 Å². The molecule has 1 unspecified atom stereocenters. The summed E-state index contributed by atoms with van der Waals surface area (Å²) < 4.78 is 4.81. The maximum absolute atomic E-state index is 11.6. The van der Waals surface area contributed by atoms with E-state index in [1.807, 2.05) is 25.1 Å². The minimum Gasteiger partial charge on any atom is -0.383 e. The van der Waals surface area contributed by atoms with E-state index in [-0.39, 0.29) is 18.6 Å². The first-order valence-electron chi connectivity index (χ1n) is 5.11. The van der Waals surface area contributed by atoms with E-state index in [0.29, 0.717) is 0 Å². The van der Waals surface area contributed by atoms with Crippen LogP contribution >= 0.6 is 0 Å². The molecule has 0 fully saturated rings. The highest BCUT2D eigenvalue weighted by Crippen LogP contribution is 2.07. The van der Waals surface area contributed by atoms with Crippen molar-refractivity contribution in [2.24, 2.45) is 5.73 Å². The van der Waals surface area contributed by atoms with E-state index in [4.69, 9.17) is 10.5 Å². The van der Waals surface area contributed by atoms with Gasteiger partial charge in [0.15, 0.2) is 0 Å². The lowest BCUT2D eigenvalue weighted by molar-refractivity contribution is -0.124. The maximum atomic E-state index is 11.6. The van der Waals surface area contributed by atoms with Crippen molar-refractivity contribution in [1.29, 1.82) is 0 Å². The summed E-state index contributed by atoms with van der Waals surface area (Å²) in [5.41, 5.74) is 6.40. The summed E-state index contributed by atoms with van der Waals surface area (Å²) in [4.78, 5) is 15.7. The zero-order chi connectivity index (χ0) is 12.0. The molecular formula is C11H17N3O2. The predicted molar refractivity (Wildman–Crippen MR) is 60.6 cm³/mol. The first-order valence-corrected chi connectivity index (χ1v) is 5.11. The van der Waals surface area contributed by atoms with Crippen LogP contribution in [-0.2, 0) is 9.53 Å². The summed E-state index contributed by atoms with van der Waals surface area (Å²) in [6, 6.07) is 4.76. The van der Waals surface area contributed by atoms with E-state index in [1.54, 1.807) is 6.20 Å². The molecule has 0 aliphatic carbocycles. The molecular weight excluding hydrogens is 206 g/mol. The molecule has 0 aliphatic heterocycles. The molecule has 0 saturated carbocycles. The molecule has 0 saturated heterocycles. The summed E-state index contributed by atoms with van der Waals surface area (Å²) in [5, 5.41) is 2.77. The van der Waals surface area contributed by atoms with Gasteiger partial charge in [0.1, 0.15) is 6.04 Å². The molecule has 0 aromatic carbocycles. The van der Waals surface area contributed by atoms with Gasteiger partial charge in [0.2, 0.25) is 5.91 Å². The van der Waals surface area contributed by atoms with E-state index in [1.165, 1.54) is 7.11 Å². The van der Waals surface area contributed by atoms with Crippen LogP contribution < -0.4 is 11.1 Å². The minimum absolute atomic E-state index is 0.156. The fourth-order valence-electron chi connectivity index (χ4n) is 1.28. The van der Waals surface area contributed by atoms with E-state index in [0.717, 1.165) is 5.69 Å². The molecule has 0 aliphatic rings. The predicted octanol–water partition coefficient (Wildman–Crippen LogP) is 0.232. The highest BCUT2D eigenvalue weighted by atomic mass is 16.5. The lowest BCUT2D eigenvalue weighted by Gasteiger charge is -2.16. The number of ether oxygens (including phenoxy) is 1. The number of pyridine rings is 1. The van der Waals surface area contributed by atoms with Crippen molar-refractivity contribution in [3.8, 4) is 0 Å². The Bertz CT molecular complexity index is 329. The molecule has 5 heteroatoms. The van der Waals surface area contributed by atoms with Crippen molar-refractivity contribution < 1.29 is 9.53 Å². The quantitative estimate of drug-likeness (QED) is 0.749. The fourth-order valence-corrected chi connectivity index (χ4v) is 1.28. The zero-order valence-electron chi connectivity index (χ0n) is 9.51. The molecule has 88 valence electrons. The molecule has 1 aromatic heterocycles. The van der Waals surface area contributed by atoms with Gasteiger partial charge in [0.25, 0.3) is 0 Å². The van der Waals surface area contributed by atoms with Crippen molar-refractivity contribution in [2.75, 3.05) is 13.7 Å². The van der Waals surface area contributed by atoms with Gasteiger partial charge < -0.3 is 15.8 Å². The number of methoxy groups -OCH3 is 1. The van der Waals surface area contributed by atoms with Crippen molar-refractivity contribution >= 4 is 5.91 Å². The second-order valence-corrected chi connectivity index (χ2v) is 3.55. The Morgan fingerprint density at radius 3 is 2.94 bits per heavy atom. The highest BCUT2D eigenvalue weighted by Gasteiger charge is 2.16. The number of nitrogens with one attached hydrogen (secondary N) is 1. The lowest BCUT2D eigenvalue weighted by atomic mass is 10.2. The van der Waals surface area contributed by atoms with Gasteiger partial charge in [-0.3, -0.25) is 9.78 Å². The number of rotatable bonds is 5. The number of nitrogens with zero attached hydrogens (tertiary/aromatic N) is 1. The Balaban J connectivity index is 2.51. The van der Waals surface area contributed by atoms with Crippen LogP contribution in [0.2, 0.25) is 0 Å². The largest absolute Gasteiger partial charge is 0.383 e. The summed E-state index contributed by atoms with van der Waals surface area (Å²) >= 11 is 0. The van der Waals surface area contributed by atoms with E-state index >= 15 is 0 Å². The monoisotopic (exact) mass is 223 g/mol.